The van der Waals surface area contributed by atoms with E-state index in [4.69, 9.17) is 15.2 Å². The molecule has 2 unspecified atom stereocenters. The van der Waals surface area contributed by atoms with Crippen LogP contribution in [-0.4, -0.2) is 25.5 Å². The number of rotatable bonds is 6. The molecular weight excluding hydrogens is 178 g/mol. The minimum atomic E-state index is -0.0428. The van der Waals surface area contributed by atoms with Crippen molar-refractivity contribution in [2.24, 2.45) is 11.7 Å². The summed E-state index contributed by atoms with van der Waals surface area (Å²) in [7, 11) is 0. The highest BCUT2D eigenvalue weighted by molar-refractivity contribution is 4.68. The van der Waals surface area contributed by atoms with Crippen molar-refractivity contribution in [2.75, 3.05) is 13.2 Å². The van der Waals surface area contributed by atoms with Crippen LogP contribution in [0.3, 0.4) is 0 Å². The molecule has 3 heteroatoms. The smallest absolute Gasteiger partial charge is 0.159 e. The molecule has 0 aromatic rings. The Morgan fingerprint density at radius 2 is 2.00 bits per heavy atom. The maximum atomic E-state index is 6.02. The van der Waals surface area contributed by atoms with Crippen LogP contribution in [0.25, 0.3) is 0 Å². The van der Waals surface area contributed by atoms with Gasteiger partial charge in [-0.1, -0.05) is 26.7 Å². The molecule has 1 fully saturated rings. The highest BCUT2D eigenvalue weighted by atomic mass is 16.7. The number of hydrogen-bond acceptors (Lipinski definition) is 3. The van der Waals surface area contributed by atoms with Gasteiger partial charge < -0.3 is 15.2 Å². The average molecular weight is 201 g/mol. The molecule has 1 aliphatic rings. The first-order valence-corrected chi connectivity index (χ1v) is 5.71. The van der Waals surface area contributed by atoms with Gasteiger partial charge >= 0.3 is 0 Å². The van der Waals surface area contributed by atoms with Gasteiger partial charge in [0.15, 0.2) is 6.29 Å². The second kappa shape index (κ2) is 6.38. The van der Waals surface area contributed by atoms with Crippen LogP contribution in [0.5, 0.6) is 0 Å². The van der Waals surface area contributed by atoms with Gasteiger partial charge in [-0.05, 0) is 12.3 Å². The van der Waals surface area contributed by atoms with Crippen LogP contribution in [0.2, 0.25) is 0 Å². The lowest BCUT2D eigenvalue weighted by molar-refractivity contribution is -0.0515. The fourth-order valence-electron chi connectivity index (χ4n) is 2.01. The van der Waals surface area contributed by atoms with Crippen LogP contribution >= 0.6 is 0 Å². The van der Waals surface area contributed by atoms with Crippen LogP contribution in [0.4, 0.5) is 0 Å². The van der Waals surface area contributed by atoms with E-state index < -0.39 is 0 Å². The van der Waals surface area contributed by atoms with Gasteiger partial charge in [-0.2, -0.15) is 0 Å². The Kier molecular flexibility index (Phi) is 5.45. The molecule has 2 atom stereocenters. The number of ether oxygens (including phenoxy) is 2. The van der Waals surface area contributed by atoms with Crippen LogP contribution in [0, 0.1) is 5.92 Å². The van der Waals surface area contributed by atoms with E-state index in [1.807, 2.05) is 0 Å². The first-order valence-electron chi connectivity index (χ1n) is 5.71. The van der Waals surface area contributed by atoms with Crippen LogP contribution in [-0.2, 0) is 9.47 Å². The van der Waals surface area contributed by atoms with Gasteiger partial charge in [-0.3, -0.25) is 0 Å². The maximum Gasteiger partial charge on any atom is 0.159 e. The molecule has 0 bridgehead atoms. The van der Waals surface area contributed by atoms with Gasteiger partial charge in [-0.15, -0.1) is 0 Å². The fourth-order valence-corrected chi connectivity index (χ4v) is 2.01. The third-order valence-electron chi connectivity index (χ3n) is 2.67. The van der Waals surface area contributed by atoms with Gasteiger partial charge in [0.1, 0.15) is 0 Å². The van der Waals surface area contributed by atoms with E-state index in [1.54, 1.807) is 0 Å². The van der Waals surface area contributed by atoms with E-state index in [2.05, 4.69) is 13.8 Å². The molecule has 0 saturated carbocycles. The van der Waals surface area contributed by atoms with Crippen molar-refractivity contribution in [2.45, 2.75) is 51.9 Å². The van der Waals surface area contributed by atoms with Crippen molar-refractivity contribution >= 4 is 0 Å². The summed E-state index contributed by atoms with van der Waals surface area (Å²) in [6, 6.07) is 0.222. The van der Waals surface area contributed by atoms with Gasteiger partial charge in [0, 0.05) is 12.5 Å². The monoisotopic (exact) mass is 201 g/mol. The van der Waals surface area contributed by atoms with Gasteiger partial charge in [0.2, 0.25) is 0 Å². The highest BCUT2D eigenvalue weighted by Crippen LogP contribution is 2.17. The Hall–Kier alpha value is -0.120. The Labute approximate surface area is 86.9 Å². The molecule has 0 aromatic carbocycles. The summed E-state index contributed by atoms with van der Waals surface area (Å²) >= 11 is 0. The normalized spacial score (nSPS) is 22.5. The molecule has 0 spiro atoms. The fraction of sp³-hybridized carbons (Fsp3) is 1.00. The second-order valence-electron chi connectivity index (χ2n) is 4.30. The van der Waals surface area contributed by atoms with Crippen molar-refractivity contribution in [1.82, 2.24) is 0 Å². The minimum absolute atomic E-state index is 0.0428. The molecule has 2 N–H and O–H groups in total. The SMILES string of the molecule is CCCC(C)CC(N)CC1OCCO1. The molecule has 84 valence electrons. The zero-order chi connectivity index (χ0) is 10.4. The molecular formula is C11H23NO2. The lowest BCUT2D eigenvalue weighted by atomic mass is 9.96. The van der Waals surface area contributed by atoms with Crippen LogP contribution in [0.1, 0.15) is 39.5 Å². The van der Waals surface area contributed by atoms with E-state index in [-0.39, 0.29) is 12.3 Å². The topological polar surface area (TPSA) is 44.5 Å². The summed E-state index contributed by atoms with van der Waals surface area (Å²) < 4.78 is 10.7. The molecule has 0 amide bonds. The predicted molar refractivity (Wildman–Crippen MR) is 57.0 cm³/mol. The number of hydrogen-bond donors (Lipinski definition) is 1. The van der Waals surface area contributed by atoms with E-state index >= 15 is 0 Å². The van der Waals surface area contributed by atoms with E-state index in [0.717, 1.165) is 32.0 Å². The van der Waals surface area contributed by atoms with Crippen molar-refractivity contribution < 1.29 is 9.47 Å². The summed E-state index contributed by atoms with van der Waals surface area (Å²) in [6.07, 6.45) is 4.38. The summed E-state index contributed by atoms with van der Waals surface area (Å²) in [5.74, 6) is 0.719. The molecule has 1 heterocycles. The first-order chi connectivity index (χ1) is 6.72. The van der Waals surface area contributed by atoms with E-state index in [1.165, 1.54) is 12.8 Å². The molecule has 14 heavy (non-hydrogen) atoms. The quantitative estimate of drug-likeness (QED) is 0.714. The van der Waals surface area contributed by atoms with Crippen molar-refractivity contribution in [1.29, 1.82) is 0 Å². The molecule has 3 nitrogen and oxygen atoms in total. The van der Waals surface area contributed by atoms with Crippen molar-refractivity contribution in [3.05, 3.63) is 0 Å². The maximum absolute atomic E-state index is 6.02. The van der Waals surface area contributed by atoms with Crippen LogP contribution in [0.15, 0.2) is 0 Å². The summed E-state index contributed by atoms with van der Waals surface area (Å²) in [6.45, 7) is 5.93. The molecule has 0 aliphatic carbocycles. The van der Waals surface area contributed by atoms with Gasteiger partial charge in [-0.25, -0.2) is 0 Å². The molecule has 1 rings (SSSR count). The molecule has 1 saturated heterocycles. The summed E-state index contributed by atoms with van der Waals surface area (Å²) in [4.78, 5) is 0. The molecule has 1 aliphatic heterocycles. The highest BCUT2D eigenvalue weighted by Gasteiger charge is 2.20. The lowest BCUT2D eigenvalue weighted by Gasteiger charge is -2.19. The van der Waals surface area contributed by atoms with Gasteiger partial charge in [0.25, 0.3) is 0 Å². The van der Waals surface area contributed by atoms with E-state index in [0.29, 0.717) is 0 Å². The average Bonchev–Trinajstić information content (AvgIpc) is 2.56. The molecule has 0 radical (unpaired) electrons. The predicted octanol–water partition coefficient (Wildman–Crippen LogP) is 1.90. The Morgan fingerprint density at radius 1 is 1.36 bits per heavy atom. The van der Waals surface area contributed by atoms with Gasteiger partial charge in [0.05, 0.1) is 13.2 Å². The third kappa shape index (κ3) is 4.40. The largest absolute Gasteiger partial charge is 0.350 e. The third-order valence-corrected chi connectivity index (χ3v) is 2.67. The zero-order valence-electron chi connectivity index (χ0n) is 9.37. The Morgan fingerprint density at radius 3 is 2.57 bits per heavy atom. The lowest BCUT2D eigenvalue weighted by Crippen LogP contribution is -2.28. The minimum Gasteiger partial charge on any atom is -0.350 e. The molecule has 0 aromatic heterocycles. The standard InChI is InChI=1S/C11H23NO2/c1-3-4-9(2)7-10(12)8-11-13-5-6-14-11/h9-11H,3-8,12H2,1-2H3. The Balaban J connectivity index is 2.10. The van der Waals surface area contributed by atoms with Crippen LogP contribution < -0.4 is 5.73 Å². The Bertz CT molecular complexity index is 146. The zero-order valence-corrected chi connectivity index (χ0v) is 9.37. The number of nitrogens with two attached hydrogens (primary N) is 1. The first kappa shape index (κ1) is 12.0. The van der Waals surface area contributed by atoms with E-state index in [9.17, 15) is 0 Å². The van der Waals surface area contributed by atoms with Crippen molar-refractivity contribution in [3.63, 3.8) is 0 Å². The summed E-state index contributed by atoms with van der Waals surface area (Å²) in [5.41, 5.74) is 6.02. The van der Waals surface area contributed by atoms with Crippen molar-refractivity contribution in [3.8, 4) is 0 Å². The summed E-state index contributed by atoms with van der Waals surface area (Å²) in [5, 5.41) is 0. The second-order valence-corrected chi connectivity index (χ2v) is 4.30.